The van der Waals surface area contributed by atoms with Crippen LogP contribution in [0.3, 0.4) is 0 Å². The molecule has 1 amide bonds. The van der Waals surface area contributed by atoms with Gasteiger partial charge in [0.25, 0.3) is 5.91 Å². The molecule has 1 aliphatic heterocycles. The summed E-state index contributed by atoms with van der Waals surface area (Å²) in [4.78, 5) is 27.7. The summed E-state index contributed by atoms with van der Waals surface area (Å²) in [5.74, 6) is -1.55. The van der Waals surface area contributed by atoms with Crippen LogP contribution in [0.15, 0.2) is 48.8 Å². The number of nitrogens with one attached hydrogen (secondary N) is 1. The number of pyridine rings is 1. The number of carboxylic acids is 1. The molecule has 29 heavy (non-hydrogen) atoms. The van der Waals surface area contributed by atoms with Crippen molar-refractivity contribution < 1.29 is 24.0 Å². The molecule has 3 rings (SSSR count). The Labute approximate surface area is 170 Å². The van der Waals surface area contributed by atoms with E-state index in [9.17, 15) is 14.7 Å². The molecule has 0 aliphatic carbocycles. The Bertz CT molecular complexity index is 868. The second-order valence-corrected chi connectivity index (χ2v) is 8.13. The van der Waals surface area contributed by atoms with E-state index in [1.165, 1.54) is 24.5 Å². The maximum Gasteiger partial charge on any atom is 0.494 e. The van der Waals surface area contributed by atoms with Gasteiger partial charge in [-0.1, -0.05) is 24.3 Å². The molecule has 7 nitrogen and oxygen atoms in total. The molecule has 8 heteroatoms. The van der Waals surface area contributed by atoms with E-state index in [4.69, 9.17) is 9.31 Å². The molecule has 2 N–H and O–H groups in total. The van der Waals surface area contributed by atoms with Crippen molar-refractivity contribution >= 4 is 24.5 Å². The summed E-state index contributed by atoms with van der Waals surface area (Å²) in [5.41, 5.74) is 1.15. The summed E-state index contributed by atoms with van der Waals surface area (Å²) in [7, 11) is -0.476. The molecule has 0 radical (unpaired) electrons. The number of rotatable bonds is 6. The van der Waals surface area contributed by atoms with Gasteiger partial charge >= 0.3 is 13.1 Å². The summed E-state index contributed by atoms with van der Waals surface area (Å²) >= 11 is 0. The third-order valence-electron chi connectivity index (χ3n) is 5.49. The zero-order chi connectivity index (χ0) is 21.2. The summed E-state index contributed by atoms with van der Waals surface area (Å²) in [6.45, 7) is 7.96. The highest BCUT2D eigenvalue weighted by molar-refractivity contribution is 6.62. The zero-order valence-electron chi connectivity index (χ0n) is 17.0. The average Bonchev–Trinajstić information content (AvgIpc) is 2.89. The quantitative estimate of drug-likeness (QED) is 0.723. The zero-order valence-corrected chi connectivity index (χ0v) is 17.0. The highest BCUT2D eigenvalue weighted by Crippen LogP contribution is 2.36. The maximum absolute atomic E-state index is 12.3. The maximum atomic E-state index is 12.3. The van der Waals surface area contributed by atoms with Gasteiger partial charge in [-0.05, 0) is 50.9 Å². The fraction of sp³-hybridized carbons (Fsp3) is 0.381. The molecule has 1 aromatic carbocycles. The Hall–Kier alpha value is -2.71. The van der Waals surface area contributed by atoms with Crippen molar-refractivity contribution in [2.45, 2.75) is 51.4 Å². The van der Waals surface area contributed by atoms with Crippen molar-refractivity contribution in [2.24, 2.45) is 0 Å². The van der Waals surface area contributed by atoms with Crippen LogP contribution in [0.25, 0.3) is 0 Å². The van der Waals surface area contributed by atoms with Crippen LogP contribution in [0, 0.1) is 0 Å². The van der Waals surface area contributed by atoms with Crippen molar-refractivity contribution in [3.05, 3.63) is 59.9 Å². The van der Waals surface area contributed by atoms with Gasteiger partial charge in [0.15, 0.2) is 0 Å². The Morgan fingerprint density at radius 1 is 1.03 bits per heavy atom. The number of carbonyl (C=O) groups excluding carboxylic acids is 1. The first kappa shape index (κ1) is 21.0. The van der Waals surface area contributed by atoms with E-state index in [2.05, 4.69) is 10.3 Å². The van der Waals surface area contributed by atoms with E-state index in [-0.39, 0.29) is 6.42 Å². The smallest absolute Gasteiger partial charge is 0.480 e. The lowest BCUT2D eigenvalue weighted by Crippen LogP contribution is -2.42. The molecule has 1 saturated heterocycles. The number of aliphatic carboxylic acids is 1. The van der Waals surface area contributed by atoms with Crippen LogP contribution >= 0.6 is 0 Å². The molecule has 0 spiro atoms. The van der Waals surface area contributed by atoms with E-state index in [1.54, 1.807) is 0 Å². The Balaban J connectivity index is 1.67. The second kappa shape index (κ2) is 7.97. The molecule has 2 aromatic rings. The number of amides is 1. The monoisotopic (exact) mass is 396 g/mol. The van der Waals surface area contributed by atoms with E-state index >= 15 is 0 Å². The minimum absolute atomic E-state index is 0.163. The minimum Gasteiger partial charge on any atom is -0.480 e. The molecule has 0 saturated carbocycles. The molecule has 1 atom stereocenters. The standard InChI is InChI=1S/C21H25BN2O5/c1-20(2)21(3,4)29-22(28-20)16-7-5-14(6-8-16)13-17(19(26)27)24-18(25)15-9-11-23-12-10-15/h5-12,17H,13H2,1-4H3,(H,24,25)(H,26,27)/t17-/m0/s1. The summed E-state index contributed by atoms with van der Waals surface area (Å²) < 4.78 is 12.1. The second-order valence-electron chi connectivity index (χ2n) is 8.13. The lowest BCUT2D eigenvalue weighted by atomic mass is 9.78. The van der Waals surface area contributed by atoms with Gasteiger partial charge in [0, 0.05) is 24.4 Å². The van der Waals surface area contributed by atoms with Crippen molar-refractivity contribution in [3.8, 4) is 0 Å². The average molecular weight is 396 g/mol. The highest BCUT2D eigenvalue weighted by atomic mass is 16.7. The SMILES string of the molecule is CC1(C)OB(c2ccc(C[C@H](NC(=O)c3ccncc3)C(=O)O)cc2)OC1(C)C. The van der Waals surface area contributed by atoms with Crippen LogP contribution in [0.5, 0.6) is 0 Å². The van der Waals surface area contributed by atoms with Crippen LogP contribution in [-0.4, -0.2) is 46.3 Å². The first-order valence-electron chi connectivity index (χ1n) is 9.47. The fourth-order valence-electron chi connectivity index (χ4n) is 2.97. The highest BCUT2D eigenvalue weighted by Gasteiger charge is 2.51. The minimum atomic E-state index is -1.09. The molecular weight excluding hydrogens is 371 g/mol. The molecule has 1 aromatic heterocycles. The van der Waals surface area contributed by atoms with Gasteiger partial charge < -0.3 is 19.7 Å². The fourth-order valence-corrected chi connectivity index (χ4v) is 2.97. The number of hydrogen-bond acceptors (Lipinski definition) is 5. The topological polar surface area (TPSA) is 97.8 Å². The number of carboxylic acid groups (broad SMARTS) is 1. The number of carbonyl (C=O) groups is 2. The molecule has 1 fully saturated rings. The van der Waals surface area contributed by atoms with E-state index in [0.717, 1.165) is 11.0 Å². The molecular formula is C21H25BN2O5. The van der Waals surface area contributed by atoms with Crippen molar-refractivity contribution in [1.29, 1.82) is 0 Å². The summed E-state index contributed by atoms with van der Waals surface area (Å²) in [6.07, 6.45) is 3.13. The Morgan fingerprint density at radius 3 is 2.10 bits per heavy atom. The van der Waals surface area contributed by atoms with Gasteiger partial charge in [0.2, 0.25) is 0 Å². The van der Waals surface area contributed by atoms with Gasteiger partial charge in [0.05, 0.1) is 11.2 Å². The van der Waals surface area contributed by atoms with Gasteiger partial charge in [-0.25, -0.2) is 4.79 Å². The summed E-state index contributed by atoms with van der Waals surface area (Å²) in [6, 6.07) is 9.41. The Kier molecular flexibility index (Phi) is 5.77. The first-order valence-corrected chi connectivity index (χ1v) is 9.47. The summed E-state index contributed by atoms with van der Waals surface area (Å²) in [5, 5.41) is 12.1. The van der Waals surface area contributed by atoms with Gasteiger partial charge in [-0.2, -0.15) is 0 Å². The first-order chi connectivity index (χ1) is 13.6. The number of benzene rings is 1. The van der Waals surface area contributed by atoms with Crippen molar-refractivity contribution in [2.75, 3.05) is 0 Å². The van der Waals surface area contributed by atoms with Gasteiger partial charge in [-0.3, -0.25) is 9.78 Å². The van der Waals surface area contributed by atoms with Crippen LogP contribution in [0.4, 0.5) is 0 Å². The molecule has 152 valence electrons. The number of nitrogens with zero attached hydrogens (tertiary/aromatic N) is 1. The van der Waals surface area contributed by atoms with E-state index in [1.807, 2.05) is 52.0 Å². The molecule has 0 unspecified atom stereocenters. The Morgan fingerprint density at radius 2 is 1.59 bits per heavy atom. The third kappa shape index (κ3) is 4.66. The lowest BCUT2D eigenvalue weighted by molar-refractivity contribution is -0.139. The van der Waals surface area contributed by atoms with Gasteiger partial charge in [0.1, 0.15) is 6.04 Å². The van der Waals surface area contributed by atoms with Crippen molar-refractivity contribution in [3.63, 3.8) is 0 Å². The third-order valence-corrected chi connectivity index (χ3v) is 5.49. The normalized spacial score (nSPS) is 18.3. The number of hydrogen-bond donors (Lipinski definition) is 2. The molecule has 2 heterocycles. The van der Waals surface area contributed by atoms with Crippen LogP contribution in [0.1, 0.15) is 43.6 Å². The van der Waals surface area contributed by atoms with Crippen LogP contribution in [-0.2, 0) is 20.5 Å². The van der Waals surface area contributed by atoms with E-state index < -0.39 is 36.2 Å². The predicted molar refractivity (Wildman–Crippen MR) is 109 cm³/mol. The van der Waals surface area contributed by atoms with Gasteiger partial charge in [-0.15, -0.1) is 0 Å². The predicted octanol–water partition coefficient (Wildman–Crippen LogP) is 1.81. The van der Waals surface area contributed by atoms with E-state index in [0.29, 0.717) is 5.56 Å². The largest absolute Gasteiger partial charge is 0.494 e. The van der Waals surface area contributed by atoms with Crippen molar-refractivity contribution in [1.82, 2.24) is 10.3 Å². The lowest BCUT2D eigenvalue weighted by Gasteiger charge is -2.32. The molecule has 1 aliphatic rings. The van der Waals surface area contributed by atoms with Crippen LogP contribution in [0.2, 0.25) is 0 Å². The molecule has 0 bridgehead atoms. The van der Waals surface area contributed by atoms with Crippen LogP contribution < -0.4 is 10.8 Å². The number of aromatic nitrogens is 1.